The number of hydrogen-bond donors (Lipinski definition) is 1. The van der Waals surface area contributed by atoms with Crippen molar-refractivity contribution in [2.45, 2.75) is 19.9 Å². The molecule has 7 nitrogen and oxygen atoms in total. The maximum absolute atomic E-state index is 12.6. The van der Waals surface area contributed by atoms with Crippen LogP contribution in [0.4, 0.5) is 5.69 Å². The summed E-state index contributed by atoms with van der Waals surface area (Å²) in [7, 11) is 0. The third-order valence-corrected chi connectivity index (χ3v) is 5.71. The van der Waals surface area contributed by atoms with E-state index < -0.39 is 0 Å². The fraction of sp³-hybridized carbons (Fsp3) is 0.316. The van der Waals surface area contributed by atoms with E-state index >= 15 is 0 Å². The van der Waals surface area contributed by atoms with Crippen LogP contribution in [0.15, 0.2) is 39.7 Å². The van der Waals surface area contributed by atoms with Gasteiger partial charge in [0.1, 0.15) is 10.6 Å². The van der Waals surface area contributed by atoms with Crippen LogP contribution >= 0.6 is 11.3 Å². The fourth-order valence-corrected chi connectivity index (χ4v) is 4.30. The number of rotatable bonds is 2. The molecule has 0 radical (unpaired) electrons. The predicted octanol–water partition coefficient (Wildman–Crippen LogP) is 2.67. The highest BCUT2D eigenvalue weighted by Gasteiger charge is 2.18. The van der Waals surface area contributed by atoms with Gasteiger partial charge in [-0.15, -0.1) is 0 Å². The van der Waals surface area contributed by atoms with Crippen LogP contribution in [-0.4, -0.2) is 40.3 Å². The summed E-state index contributed by atoms with van der Waals surface area (Å²) in [5.74, 6) is 0. The van der Waals surface area contributed by atoms with Crippen LogP contribution in [-0.2, 0) is 0 Å². The molecule has 1 aliphatic rings. The van der Waals surface area contributed by atoms with Crippen molar-refractivity contribution in [3.63, 3.8) is 0 Å². The molecule has 138 valence electrons. The van der Waals surface area contributed by atoms with Gasteiger partial charge < -0.3 is 14.6 Å². The molecule has 4 heterocycles. The first kappa shape index (κ1) is 16.5. The molecule has 1 N–H and O–H groups in total. The topological polar surface area (TPSA) is 75.7 Å². The molecule has 0 unspecified atom stereocenters. The zero-order valence-electron chi connectivity index (χ0n) is 15.1. The Hall–Kier alpha value is -2.71. The van der Waals surface area contributed by atoms with E-state index in [0.717, 1.165) is 40.7 Å². The van der Waals surface area contributed by atoms with E-state index in [9.17, 15) is 4.79 Å². The first-order valence-electron chi connectivity index (χ1n) is 8.96. The molecule has 0 aliphatic carbocycles. The number of nitrogens with one attached hydrogen (secondary N) is 1. The van der Waals surface area contributed by atoms with Gasteiger partial charge in [-0.1, -0.05) is 11.3 Å². The summed E-state index contributed by atoms with van der Waals surface area (Å²) in [5.41, 5.74) is 2.35. The lowest BCUT2D eigenvalue weighted by Crippen LogP contribution is -2.49. The molecule has 1 fully saturated rings. The number of benzene rings is 1. The summed E-state index contributed by atoms with van der Waals surface area (Å²) >= 11 is 1.49. The second-order valence-electron chi connectivity index (χ2n) is 6.95. The highest BCUT2D eigenvalue weighted by Crippen LogP contribution is 2.26. The molecule has 5 rings (SSSR count). The van der Waals surface area contributed by atoms with E-state index in [1.54, 1.807) is 10.7 Å². The Bertz CT molecular complexity index is 1180. The van der Waals surface area contributed by atoms with Crippen molar-refractivity contribution in [1.82, 2.24) is 19.9 Å². The second kappa shape index (κ2) is 6.17. The number of fused-ring (bicyclic) bond motifs is 2. The van der Waals surface area contributed by atoms with Crippen molar-refractivity contribution < 1.29 is 4.42 Å². The van der Waals surface area contributed by atoms with E-state index in [2.05, 4.69) is 33.3 Å². The smallest absolute Gasteiger partial charge is 0.345 e. The highest BCUT2D eigenvalue weighted by molar-refractivity contribution is 7.16. The number of nitrogens with zero attached hydrogens (tertiary/aromatic N) is 4. The molecule has 1 atom stereocenters. The highest BCUT2D eigenvalue weighted by atomic mass is 32.1. The second-order valence-corrected chi connectivity index (χ2v) is 8.11. The van der Waals surface area contributed by atoms with Crippen LogP contribution in [0.5, 0.6) is 0 Å². The molecule has 8 heteroatoms. The maximum Gasteiger partial charge on any atom is 0.345 e. The van der Waals surface area contributed by atoms with Crippen molar-refractivity contribution in [3.05, 3.63) is 45.9 Å². The van der Waals surface area contributed by atoms with E-state index in [1.165, 1.54) is 11.3 Å². The van der Waals surface area contributed by atoms with Gasteiger partial charge in [0.2, 0.25) is 4.96 Å². The molecule has 1 aromatic carbocycles. The van der Waals surface area contributed by atoms with Gasteiger partial charge >= 0.3 is 5.63 Å². The molecular weight excluding hydrogens is 362 g/mol. The Kier molecular flexibility index (Phi) is 3.76. The quantitative estimate of drug-likeness (QED) is 0.538. The van der Waals surface area contributed by atoms with Crippen LogP contribution in [0.2, 0.25) is 0 Å². The van der Waals surface area contributed by atoms with Crippen molar-refractivity contribution in [2.24, 2.45) is 0 Å². The Labute approximate surface area is 159 Å². The van der Waals surface area contributed by atoms with Gasteiger partial charge in [0.25, 0.3) is 0 Å². The molecule has 1 aliphatic heterocycles. The van der Waals surface area contributed by atoms with Crippen LogP contribution < -0.4 is 15.8 Å². The van der Waals surface area contributed by atoms with Crippen molar-refractivity contribution in [2.75, 3.05) is 24.5 Å². The predicted molar refractivity (Wildman–Crippen MR) is 107 cm³/mol. The Morgan fingerprint density at radius 2 is 2.22 bits per heavy atom. The maximum atomic E-state index is 12.6. The summed E-state index contributed by atoms with van der Waals surface area (Å²) in [4.78, 5) is 20.2. The van der Waals surface area contributed by atoms with E-state index in [4.69, 9.17) is 4.42 Å². The molecule has 27 heavy (non-hydrogen) atoms. The molecule has 1 saturated heterocycles. The summed E-state index contributed by atoms with van der Waals surface area (Å²) in [6.07, 6.45) is 1.77. The SMILES string of the molecule is Cc1nn2cc(-c3cc4ccc(N5CCN[C@@H](C)C5)cc4oc3=O)nc2s1. The van der Waals surface area contributed by atoms with Gasteiger partial charge in [-0.05, 0) is 32.0 Å². The lowest BCUT2D eigenvalue weighted by molar-refractivity contribution is 0.484. The van der Waals surface area contributed by atoms with E-state index in [-0.39, 0.29) is 5.63 Å². The summed E-state index contributed by atoms with van der Waals surface area (Å²) in [6.45, 7) is 6.93. The first-order chi connectivity index (χ1) is 13.1. The standard InChI is InChI=1S/C19H19N5O2S/c1-11-9-23(6-5-20-11)14-4-3-13-7-15(18(25)26-17(13)8-14)16-10-24-19(21-16)27-12(2)22-24/h3-4,7-8,10-11,20H,5-6,9H2,1-2H3/t11-/m0/s1. The van der Waals surface area contributed by atoms with Crippen molar-refractivity contribution in [3.8, 4) is 11.3 Å². The molecule has 0 spiro atoms. The van der Waals surface area contributed by atoms with Gasteiger partial charge in [0, 0.05) is 42.8 Å². The third-order valence-electron chi connectivity index (χ3n) is 4.87. The molecule has 3 aromatic heterocycles. The number of anilines is 1. The van der Waals surface area contributed by atoms with Crippen molar-refractivity contribution in [1.29, 1.82) is 0 Å². The molecule has 0 saturated carbocycles. The van der Waals surface area contributed by atoms with Gasteiger partial charge in [-0.3, -0.25) is 0 Å². The van der Waals surface area contributed by atoms with Gasteiger partial charge in [0.15, 0.2) is 0 Å². The Balaban J connectivity index is 1.55. The van der Waals surface area contributed by atoms with Gasteiger partial charge in [-0.2, -0.15) is 5.10 Å². The van der Waals surface area contributed by atoms with Crippen molar-refractivity contribution >= 4 is 33.0 Å². The molecule has 0 bridgehead atoms. The number of aryl methyl sites for hydroxylation is 1. The van der Waals surface area contributed by atoms with Crippen LogP contribution in [0.25, 0.3) is 27.2 Å². The normalized spacial score (nSPS) is 17.9. The lowest BCUT2D eigenvalue weighted by Gasteiger charge is -2.33. The van der Waals surface area contributed by atoms with Crippen LogP contribution in [0.3, 0.4) is 0 Å². The molecule has 4 aromatic rings. The summed E-state index contributed by atoms with van der Waals surface area (Å²) in [5, 5.41) is 9.61. The van der Waals surface area contributed by atoms with Gasteiger partial charge in [-0.25, -0.2) is 14.3 Å². The van der Waals surface area contributed by atoms with Crippen LogP contribution in [0, 0.1) is 6.92 Å². The zero-order chi connectivity index (χ0) is 18.5. The number of imidazole rings is 1. The Morgan fingerprint density at radius 3 is 3.04 bits per heavy atom. The molecule has 0 amide bonds. The minimum atomic E-state index is -0.379. The van der Waals surface area contributed by atoms with E-state index in [0.29, 0.717) is 22.9 Å². The zero-order valence-corrected chi connectivity index (χ0v) is 15.9. The number of piperazine rings is 1. The fourth-order valence-electron chi connectivity index (χ4n) is 3.57. The third kappa shape index (κ3) is 2.90. The minimum Gasteiger partial charge on any atom is -0.422 e. The largest absolute Gasteiger partial charge is 0.422 e. The van der Waals surface area contributed by atoms with E-state index in [1.807, 2.05) is 25.1 Å². The van der Waals surface area contributed by atoms with Gasteiger partial charge in [0.05, 0.1) is 17.5 Å². The van der Waals surface area contributed by atoms with Crippen LogP contribution in [0.1, 0.15) is 11.9 Å². The minimum absolute atomic E-state index is 0.379. The number of aromatic nitrogens is 3. The molecular formula is C19H19N5O2S. The number of hydrogen-bond acceptors (Lipinski definition) is 7. The first-order valence-corrected chi connectivity index (χ1v) is 9.78. The average molecular weight is 381 g/mol. The lowest BCUT2D eigenvalue weighted by atomic mass is 10.1. The monoisotopic (exact) mass is 381 g/mol. The Morgan fingerprint density at radius 1 is 1.33 bits per heavy atom. The summed E-state index contributed by atoms with van der Waals surface area (Å²) in [6, 6.07) is 8.33. The average Bonchev–Trinajstić information content (AvgIpc) is 3.18. The summed E-state index contributed by atoms with van der Waals surface area (Å²) < 4.78 is 7.34.